The largest absolute Gasteiger partial charge is 0.448 e. The van der Waals surface area contributed by atoms with Gasteiger partial charge in [-0.1, -0.05) is 13.0 Å². The Morgan fingerprint density at radius 2 is 2.31 bits per heavy atom. The zero-order valence-electron chi connectivity index (χ0n) is 9.07. The molecule has 86 valence electrons. The van der Waals surface area contributed by atoms with Crippen molar-refractivity contribution in [3.05, 3.63) is 45.5 Å². The molecule has 0 fully saturated rings. The lowest BCUT2D eigenvalue weighted by Crippen LogP contribution is -2.18. The minimum absolute atomic E-state index is 0.392. The van der Waals surface area contributed by atoms with Gasteiger partial charge in [-0.25, -0.2) is 0 Å². The lowest BCUT2D eigenvalue weighted by molar-refractivity contribution is 0.447. The van der Waals surface area contributed by atoms with Crippen LogP contribution in [0.1, 0.15) is 30.0 Å². The van der Waals surface area contributed by atoms with Crippen molar-refractivity contribution in [1.82, 2.24) is 5.32 Å². The van der Waals surface area contributed by atoms with Gasteiger partial charge in [-0.3, -0.25) is 0 Å². The van der Waals surface area contributed by atoms with Crippen molar-refractivity contribution in [2.24, 2.45) is 0 Å². The predicted octanol–water partition coefficient (Wildman–Crippen LogP) is 4.24. The molecule has 1 atom stereocenters. The average molecular weight is 256 g/mol. The summed E-state index contributed by atoms with van der Waals surface area (Å²) in [5.41, 5.74) is 0. The number of furan rings is 1. The van der Waals surface area contributed by atoms with Gasteiger partial charge in [-0.15, -0.1) is 11.3 Å². The first-order chi connectivity index (χ1) is 7.79. The van der Waals surface area contributed by atoms with E-state index < -0.39 is 0 Å². The summed E-state index contributed by atoms with van der Waals surface area (Å²) in [6, 6.07) is 8.29. The first-order valence-electron chi connectivity index (χ1n) is 5.30. The molecule has 16 heavy (non-hydrogen) atoms. The molecule has 0 aromatic carbocycles. The van der Waals surface area contributed by atoms with Gasteiger partial charge >= 0.3 is 0 Å². The molecule has 0 saturated carbocycles. The molecule has 1 unspecified atom stereocenters. The molecule has 2 aromatic heterocycles. The first kappa shape index (κ1) is 11.7. The van der Waals surface area contributed by atoms with Crippen molar-refractivity contribution in [2.75, 3.05) is 0 Å². The van der Waals surface area contributed by atoms with Crippen LogP contribution >= 0.6 is 22.9 Å². The Labute approximate surface area is 104 Å². The van der Waals surface area contributed by atoms with Gasteiger partial charge in [0.15, 0.2) is 5.22 Å². The summed E-state index contributed by atoms with van der Waals surface area (Å²) in [6.07, 6.45) is 1.06. The van der Waals surface area contributed by atoms with Crippen LogP contribution in [0.4, 0.5) is 0 Å². The van der Waals surface area contributed by atoms with Crippen LogP contribution in [-0.4, -0.2) is 0 Å². The highest BCUT2D eigenvalue weighted by molar-refractivity contribution is 7.10. The maximum atomic E-state index is 5.72. The van der Waals surface area contributed by atoms with Gasteiger partial charge in [-0.05, 0) is 41.6 Å². The van der Waals surface area contributed by atoms with E-state index in [9.17, 15) is 0 Å². The van der Waals surface area contributed by atoms with E-state index in [2.05, 4.69) is 29.8 Å². The van der Waals surface area contributed by atoms with Gasteiger partial charge in [0, 0.05) is 10.9 Å². The van der Waals surface area contributed by atoms with Crippen LogP contribution in [0.25, 0.3) is 0 Å². The molecule has 0 amide bonds. The zero-order chi connectivity index (χ0) is 11.4. The minimum Gasteiger partial charge on any atom is -0.448 e. The van der Waals surface area contributed by atoms with E-state index in [1.807, 2.05) is 6.07 Å². The molecule has 0 bridgehead atoms. The van der Waals surface area contributed by atoms with Gasteiger partial charge in [0.05, 0.1) is 6.54 Å². The Morgan fingerprint density at radius 1 is 1.44 bits per heavy atom. The summed E-state index contributed by atoms with van der Waals surface area (Å²) in [7, 11) is 0. The lowest BCUT2D eigenvalue weighted by atomic mass is 10.2. The van der Waals surface area contributed by atoms with Crippen LogP contribution in [0.2, 0.25) is 5.22 Å². The van der Waals surface area contributed by atoms with Crippen LogP contribution in [0, 0.1) is 0 Å². The summed E-state index contributed by atoms with van der Waals surface area (Å²) >= 11 is 7.49. The monoisotopic (exact) mass is 255 g/mol. The third kappa shape index (κ3) is 2.88. The van der Waals surface area contributed by atoms with E-state index in [1.165, 1.54) is 4.88 Å². The maximum absolute atomic E-state index is 5.72. The summed E-state index contributed by atoms with van der Waals surface area (Å²) in [5, 5.41) is 6.01. The van der Waals surface area contributed by atoms with Crippen molar-refractivity contribution in [3.8, 4) is 0 Å². The number of halogens is 1. The molecular weight excluding hydrogens is 242 g/mol. The van der Waals surface area contributed by atoms with E-state index in [0.29, 0.717) is 17.8 Å². The molecule has 0 spiro atoms. The van der Waals surface area contributed by atoms with E-state index >= 15 is 0 Å². The SMILES string of the molecule is CCC(NCc1ccc(Cl)o1)c1cccs1. The molecule has 2 nitrogen and oxygen atoms in total. The van der Waals surface area contributed by atoms with Crippen LogP contribution in [0.5, 0.6) is 0 Å². The second-order valence-electron chi connectivity index (χ2n) is 3.56. The van der Waals surface area contributed by atoms with Gasteiger partial charge in [0.1, 0.15) is 5.76 Å². The van der Waals surface area contributed by atoms with E-state index in [0.717, 1.165) is 12.2 Å². The third-order valence-corrected chi connectivity index (χ3v) is 3.64. The highest BCUT2D eigenvalue weighted by Gasteiger charge is 2.10. The molecule has 4 heteroatoms. The quantitative estimate of drug-likeness (QED) is 0.865. The molecule has 2 heterocycles. The highest BCUT2D eigenvalue weighted by Crippen LogP contribution is 2.22. The van der Waals surface area contributed by atoms with Crippen molar-refractivity contribution >= 4 is 22.9 Å². The fourth-order valence-corrected chi connectivity index (χ4v) is 2.65. The fourth-order valence-electron chi connectivity index (χ4n) is 1.61. The minimum atomic E-state index is 0.392. The van der Waals surface area contributed by atoms with Crippen LogP contribution < -0.4 is 5.32 Å². The van der Waals surface area contributed by atoms with Gasteiger partial charge < -0.3 is 9.73 Å². The number of thiophene rings is 1. The maximum Gasteiger partial charge on any atom is 0.193 e. The van der Waals surface area contributed by atoms with Gasteiger partial charge in [-0.2, -0.15) is 0 Å². The number of hydrogen-bond donors (Lipinski definition) is 1. The summed E-state index contributed by atoms with van der Waals surface area (Å²) in [6.45, 7) is 2.88. The number of nitrogens with one attached hydrogen (secondary N) is 1. The molecular formula is C12H14ClNOS. The molecule has 2 aromatic rings. The average Bonchev–Trinajstić information content (AvgIpc) is 2.91. The Kier molecular flexibility index (Phi) is 4.04. The lowest BCUT2D eigenvalue weighted by Gasteiger charge is -2.14. The van der Waals surface area contributed by atoms with E-state index in [1.54, 1.807) is 17.4 Å². The number of hydrogen-bond acceptors (Lipinski definition) is 3. The second-order valence-corrected chi connectivity index (χ2v) is 4.91. The molecule has 0 radical (unpaired) electrons. The van der Waals surface area contributed by atoms with Crippen LogP contribution in [0.15, 0.2) is 34.1 Å². The third-order valence-electron chi connectivity index (χ3n) is 2.45. The Hall–Kier alpha value is -0.770. The molecule has 0 aliphatic carbocycles. The smallest absolute Gasteiger partial charge is 0.193 e. The summed E-state index contributed by atoms with van der Waals surface area (Å²) < 4.78 is 5.30. The predicted molar refractivity (Wildman–Crippen MR) is 67.9 cm³/mol. The molecule has 2 rings (SSSR count). The van der Waals surface area contributed by atoms with Gasteiger partial charge in [0.25, 0.3) is 0 Å². The normalized spacial score (nSPS) is 12.9. The zero-order valence-corrected chi connectivity index (χ0v) is 10.6. The molecule has 1 N–H and O–H groups in total. The van der Waals surface area contributed by atoms with Crippen molar-refractivity contribution in [2.45, 2.75) is 25.9 Å². The van der Waals surface area contributed by atoms with E-state index in [-0.39, 0.29) is 0 Å². The topological polar surface area (TPSA) is 25.2 Å². The van der Waals surface area contributed by atoms with E-state index in [4.69, 9.17) is 16.0 Å². The van der Waals surface area contributed by atoms with Crippen LogP contribution in [-0.2, 0) is 6.54 Å². The molecule has 0 aliphatic rings. The fraction of sp³-hybridized carbons (Fsp3) is 0.333. The Balaban J connectivity index is 1.93. The highest BCUT2D eigenvalue weighted by atomic mass is 35.5. The van der Waals surface area contributed by atoms with Crippen molar-refractivity contribution < 1.29 is 4.42 Å². The molecule has 0 aliphatic heterocycles. The summed E-state index contributed by atoms with van der Waals surface area (Å²) in [5.74, 6) is 0.875. The van der Waals surface area contributed by atoms with Crippen molar-refractivity contribution in [3.63, 3.8) is 0 Å². The van der Waals surface area contributed by atoms with Crippen molar-refractivity contribution in [1.29, 1.82) is 0 Å². The Morgan fingerprint density at radius 3 is 2.88 bits per heavy atom. The van der Waals surface area contributed by atoms with Crippen LogP contribution in [0.3, 0.4) is 0 Å². The molecule has 0 saturated heterocycles. The standard InChI is InChI=1S/C12H14ClNOS/c1-2-10(11-4-3-7-16-11)14-8-9-5-6-12(13)15-9/h3-7,10,14H,2,8H2,1H3. The van der Waals surface area contributed by atoms with Gasteiger partial charge in [0.2, 0.25) is 0 Å². The first-order valence-corrected chi connectivity index (χ1v) is 6.56. The Bertz CT molecular complexity index is 424. The number of rotatable bonds is 5. The summed E-state index contributed by atoms with van der Waals surface area (Å²) in [4.78, 5) is 1.36. The second kappa shape index (κ2) is 5.53.